The highest BCUT2D eigenvalue weighted by atomic mass is 32.2. The highest BCUT2D eigenvalue weighted by molar-refractivity contribution is 7.89. The minimum Gasteiger partial charge on any atom is -0.484 e. The lowest BCUT2D eigenvalue weighted by atomic mass is 10.1. The van der Waals surface area contributed by atoms with Crippen molar-refractivity contribution in [2.24, 2.45) is 0 Å². The number of amides is 1. The van der Waals surface area contributed by atoms with E-state index >= 15 is 0 Å². The van der Waals surface area contributed by atoms with Crippen LogP contribution in [0.25, 0.3) is 0 Å². The molecule has 0 heterocycles. The van der Waals surface area contributed by atoms with Crippen molar-refractivity contribution >= 4 is 15.9 Å². The van der Waals surface area contributed by atoms with E-state index in [1.165, 1.54) is 0 Å². The minimum absolute atomic E-state index is 0.130. The largest absolute Gasteiger partial charge is 0.484 e. The zero-order valence-corrected chi connectivity index (χ0v) is 15.9. The van der Waals surface area contributed by atoms with E-state index in [1.807, 2.05) is 12.1 Å². The third-order valence-corrected chi connectivity index (χ3v) is 5.21. The average Bonchev–Trinajstić information content (AvgIpc) is 2.68. The maximum absolute atomic E-state index is 12.1. The fourth-order valence-electron chi connectivity index (χ4n) is 2.28. The first-order valence-electron chi connectivity index (χ1n) is 8.57. The number of aliphatic hydroxyl groups is 1. The van der Waals surface area contributed by atoms with Gasteiger partial charge in [-0.25, -0.2) is 13.1 Å². The smallest absolute Gasteiger partial charge is 0.258 e. The molecule has 8 heteroatoms. The summed E-state index contributed by atoms with van der Waals surface area (Å²) in [6, 6.07) is 15.0. The van der Waals surface area contributed by atoms with Crippen LogP contribution in [0, 0.1) is 0 Å². The Hall–Kier alpha value is -2.42. The van der Waals surface area contributed by atoms with Gasteiger partial charge < -0.3 is 15.2 Å². The molecule has 0 aliphatic carbocycles. The Kier molecular flexibility index (Phi) is 7.78. The predicted octanol–water partition coefficient (Wildman–Crippen LogP) is 1.08. The van der Waals surface area contributed by atoms with Crippen LogP contribution < -0.4 is 14.8 Å². The maximum atomic E-state index is 12.1. The second kappa shape index (κ2) is 10.1. The van der Waals surface area contributed by atoms with Gasteiger partial charge in [0.25, 0.3) is 5.91 Å². The number of hydrogen-bond acceptors (Lipinski definition) is 5. The average molecular weight is 392 g/mol. The van der Waals surface area contributed by atoms with Gasteiger partial charge in [0.05, 0.1) is 11.5 Å². The molecule has 0 aliphatic heterocycles. The van der Waals surface area contributed by atoms with Gasteiger partial charge in [-0.2, -0.15) is 0 Å². The van der Waals surface area contributed by atoms with E-state index in [9.17, 15) is 13.2 Å². The Labute approximate surface area is 159 Å². The van der Waals surface area contributed by atoms with Crippen molar-refractivity contribution in [2.75, 3.05) is 19.8 Å². The van der Waals surface area contributed by atoms with E-state index in [2.05, 4.69) is 10.0 Å². The molecule has 1 atom stereocenters. The lowest BCUT2D eigenvalue weighted by molar-refractivity contribution is -0.124. The fourth-order valence-corrected chi connectivity index (χ4v) is 3.33. The van der Waals surface area contributed by atoms with Crippen LogP contribution in [0.2, 0.25) is 0 Å². The molecule has 0 spiro atoms. The van der Waals surface area contributed by atoms with Crippen molar-refractivity contribution in [1.82, 2.24) is 10.0 Å². The summed E-state index contributed by atoms with van der Waals surface area (Å²) in [5, 5.41) is 11.5. The molecular weight excluding hydrogens is 368 g/mol. The first kappa shape index (κ1) is 20.9. The number of rotatable bonds is 10. The van der Waals surface area contributed by atoms with Crippen molar-refractivity contribution < 1.29 is 23.1 Å². The number of ether oxygens (including phenoxy) is 1. The summed E-state index contributed by atoms with van der Waals surface area (Å²) in [4.78, 5) is 11.8. The number of nitrogens with one attached hydrogen (secondary N) is 2. The molecular formula is C19H24N2O5S. The van der Waals surface area contributed by atoms with Crippen molar-refractivity contribution in [3.8, 4) is 5.75 Å². The lowest BCUT2D eigenvalue weighted by Gasteiger charge is -2.12. The van der Waals surface area contributed by atoms with Gasteiger partial charge in [-0.1, -0.05) is 30.3 Å². The van der Waals surface area contributed by atoms with Crippen LogP contribution in [-0.2, 0) is 21.2 Å². The molecule has 0 radical (unpaired) electrons. The number of carbonyl (C=O) groups is 1. The second-order valence-corrected chi connectivity index (χ2v) is 7.81. The van der Waals surface area contributed by atoms with Crippen molar-refractivity contribution in [3.63, 3.8) is 0 Å². The molecule has 0 bridgehead atoms. The molecule has 2 aromatic rings. The van der Waals surface area contributed by atoms with Crippen molar-refractivity contribution in [1.29, 1.82) is 0 Å². The SMILES string of the molecule is CC(CO)NC(=O)COc1ccc(CCNS(=O)(=O)c2ccccc2)cc1. The van der Waals surface area contributed by atoms with Gasteiger partial charge in [-0.05, 0) is 43.2 Å². The van der Waals surface area contributed by atoms with Crippen LogP contribution in [0.1, 0.15) is 12.5 Å². The molecule has 2 aromatic carbocycles. The lowest BCUT2D eigenvalue weighted by Crippen LogP contribution is -2.38. The van der Waals surface area contributed by atoms with Gasteiger partial charge in [-0.3, -0.25) is 4.79 Å². The summed E-state index contributed by atoms with van der Waals surface area (Å²) in [5.74, 6) is 0.228. The number of aliphatic hydroxyl groups excluding tert-OH is 1. The van der Waals surface area contributed by atoms with Crippen LogP contribution in [0.3, 0.4) is 0 Å². The summed E-state index contributed by atoms with van der Waals surface area (Å²) < 4.78 is 32.2. The minimum atomic E-state index is -3.51. The molecule has 2 rings (SSSR count). The molecule has 146 valence electrons. The first-order chi connectivity index (χ1) is 12.9. The van der Waals surface area contributed by atoms with Gasteiger partial charge in [0.2, 0.25) is 10.0 Å². The maximum Gasteiger partial charge on any atom is 0.258 e. The second-order valence-electron chi connectivity index (χ2n) is 6.04. The Morgan fingerprint density at radius 1 is 1.11 bits per heavy atom. The summed E-state index contributed by atoms with van der Waals surface area (Å²) in [6.45, 7) is 1.70. The predicted molar refractivity (Wildman–Crippen MR) is 102 cm³/mol. The van der Waals surface area contributed by atoms with Gasteiger partial charge in [0, 0.05) is 12.6 Å². The third kappa shape index (κ3) is 7.01. The standard InChI is InChI=1S/C19H24N2O5S/c1-15(13-22)21-19(23)14-26-17-9-7-16(8-10-17)11-12-20-27(24,25)18-5-3-2-4-6-18/h2-10,15,20,22H,11-14H2,1H3,(H,21,23). The van der Waals surface area contributed by atoms with Gasteiger partial charge in [0.1, 0.15) is 5.75 Å². The van der Waals surface area contributed by atoms with Gasteiger partial charge in [0.15, 0.2) is 6.61 Å². The summed E-state index contributed by atoms with van der Waals surface area (Å²) >= 11 is 0. The van der Waals surface area contributed by atoms with Gasteiger partial charge in [-0.15, -0.1) is 0 Å². The van der Waals surface area contributed by atoms with E-state index in [-0.39, 0.29) is 36.6 Å². The quantitative estimate of drug-likeness (QED) is 0.561. The molecule has 0 aromatic heterocycles. The number of benzene rings is 2. The van der Waals surface area contributed by atoms with Crippen molar-refractivity contribution in [3.05, 3.63) is 60.2 Å². The zero-order valence-electron chi connectivity index (χ0n) is 15.1. The molecule has 0 saturated heterocycles. The monoisotopic (exact) mass is 392 g/mol. The van der Waals surface area contributed by atoms with Crippen LogP contribution in [0.15, 0.2) is 59.5 Å². The van der Waals surface area contributed by atoms with E-state index in [0.717, 1.165) is 5.56 Å². The van der Waals surface area contributed by atoms with E-state index < -0.39 is 10.0 Å². The molecule has 7 nitrogen and oxygen atoms in total. The van der Waals surface area contributed by atoms with Gasteiger partial charge >= 0.3 is 0 Å². The highest BCUT2D eigenvalue weighted by Gasteiger charge is 2.12. The Balaban J connectivity index is 1.78. The summed E-state index contributed by atoms with van der Waals surface area (Å²) in [6.07, 6.45) is 0.529. The van der Waals surface area contributed by atoms with E-state index in [4.69, 9.17) is 9.84 Å². The van der Waals surface area contributed by atoms with E-state index in [0.29, 0.717) is 12.2 Å². The highest BCUT2D eigenvalue weighted by Crippen LogP contribution is 2.13. The van der Waals surface area contributed by atoms with E-state index in [1.54, 1.807) is 49.4 Å². The fraction of sp³-hybridized carbons (Fsp3) is 0.316. The number of hydrogen-bond donors (Lipinski definition) is 3. The number of carbonyl (C=O) groups excluding carboxylic acids is 1. The Morgan fingerprint density at radius 3 is 2.41 bits per heavy atom. The van der Waals surface area contributed by atoms with Crippen LogP contribution >= 0.6 is 0 Å². The molecule has 27 heavy (non-hydrogen) atoms. The topological polar surface area (TPSA) is 105 Å². The van der Waals surface area contributed by atoms with Crippen LogP contribution in [-0.4, -0.2) is 45.2 Å². The molecule has 0 fully saturated rings. The summed E-state index contributed by atoms with van der Waals surface area (Å²) in [7, 11) is -3.51. The number of sulfonamides is 1. The molecule has 1 unspecified atom stereocenters. The normalized spacial score (nSPS) is 12.4. The van der Waals surface area contributed by atoms with Crippen molar-refractivity contribution in [2.45, 2.75) is 24.3 Å². The third-order valence-electron chi connectivity index (χ3n) is 3.73. The Morgan fingerprint density at radius 2 is 1.78 bits per heavy atom. The first-order valence-corrected chi connectivity index (χ1v) is 10.1. The molecule has 1 amide bonds. The van der Waals surface area contributed by atoms with Crippen LogP contribution in [0.5, 0.6) is 5.75 Å². The summed E-state index contributed by atoms with van der Waals surface area (Å²) in [5.41, 5.74) is 0.941. The Bertz CT molecular complexity index is 823. The molecule has 0 saturated carbocycles. The van der Waals surface area contributed by atoms with Crippen LogP contribution in [0.4, 0.5) is 0 Å². The molecule has 0 aliphatic rings. The zero-order chi connectivity index (χ0) is 19.7. The molecule has 3 N–H and O–H groups in total.